The third-order valence-corrected chi connectivity index (χ3v) is 5.63. The van der Waals surface area contributed by atoms with Crippen molar-refractivity contribution < 1.29 is 8.78 Å². The van der Waals surface area contributed by atoms with Crippen molar-refractivity contribution in [3.8, 4) is 0 Å². The van der Waals surface area contributed by atoms with Crippen molar-refractivity contribution in [3.63, 3.8) is 0 Å². The van der Waals surface area contributed by atoms with Gasteiger partial charge in [-0.1, -0.05) is 25.1 Å². The van der Waals surface area contributed by atoms with Gasteiger partial charge in [0.05, 0.1) is 6.04 Å². The molecule has 1 N–H and O–H groups in total. The summed E-state index contributed by atoms with van der Waals surface area (Å²) in [5, 5.41) is 3.40. The van der Waals surface area contributed by atoms with Gasteiger partial charge in [0.25, 0.3) is 5.56 Å². The molecular formula is C23H22F2N4O. The number of benzene rings is 1. The molecule has 1 aliphatic heterocycles. The molecule has 0 amide bonds. The Kier molecular flexibility index (Phi) is 4.97. The minimum absolute atomic E-state index is 0.0413. The fraction of sp³-hybridized carbons (Fsp3) is 0.261. The molecule has 5 nitrogen and oxygen atoms in total. The zero-order chi connectivity index (χ0) is 21.5. The Morgan fingerprint density at radius 2 is 1.83 bits per heavy atom. The lowest BCUT2D eigenvalue weighted by atomic mass is 9.79. The number of hydrogen-bond acceptors (Lipinski definition) is 4. The zero-order valence-electron chi connectivity index (χ0n) is 17.0. The first kappa shape index (κ1) is 19.9. The lowest BCUT2D eigenvalue weighted by Crippen LogP contribution is -2.41. The fourth-order valence-corrected chi connectivity index (χ4v) is 4.03. The normalized spacial score (nSPS) is 20.7. The largest absolute Gasteiger partial charge is 0.364 e. The SMILES string of the molecule is CCc1cc(C2=N[C@](c3ccc(F)cc3)(c3ccc(F)nc3)[C@H](C)N2)cn(C)c1=O. The molecule has 0 fully saturated rings. The summed E-state index contributed by atoms with van der Waals surface area (Å²) in [6.07, 6.45) is 3.81. The van der Waals surface area contributed by atoms with Gasteiger partial charge in [-0.05, 0) is 43.2 Å². The van der Waals surface area contributed by atoms with Crippen LogP contribution in [-0.2, 0) is 19.0 Å². The van der Waals surface area contributed by atoms with Gasteiger partial charge in [0.1, 0.15) is 17.2 Å². The molecule has 1 aromatic carbocycles. The number of hydrogen-bond donors (Lipinski definition) is 1. The quantitative estimate of drug-likeness (QED) is 0.674. The van der Waals surface area contributed by atoms with Crippen molar-refractivity contribution in [2.45, 2.75) is 31.8 Å². The highest BCUT2D eigenvalue weighted by Gasteiger charge is 2.45. The molecule has 7 heteroatoms. The van der Waals surface area contributed by atoms with Gasteiger partial charge < -0.3 is 9.88 Å². The first-order chi connectivity index (χ1) is 14.3. The summed E-state index contributed by atoms with van der Waals surface area (Å²) in [4.78, 5) is 21.1. The molecule has 2 aromatic heterocycles. The minimum Gasteiger partial charge on any atom is -0.364 e. The third kappa shape index (κ3) is 3.20. The predicted octanol–water partition coefficient (Wildman–Crippen LogP) is 3.30. The van der Waals surface area contributed by atoms with Crippen LogP contribution >= 0.6 is 0 Å². The number of rotatable bonds is 4. The summed E-state index contributed by atoms with van der Waals surface area (Å²) in [6, 6.07) is 10.7. The molecular weight excluding hydrogens is 386 g/mol. The molecule has 0 spiro atoms. The maximum Gasteiger partial charge on any atom is 0.253 e. The lowest BCUT2D eigenvalue weighted by molar-refractivity contribution is 0.449. The van der Waals surface area contributed by atoms with E-state index in [1.807, 2.05) is 19.9 Å². The van der Waals surface area contributed by atoms with Crippen LogP contribution in [0.15, 0.2) is 64.6 Å². The van der Waals surface area contributed by atoms with E-state index < -0.39 is 11.5 Å². The molecule has 0 bridgehead atoms. The Morgan fingerprint density at radius 1 is 1.13 bits per heavy atom. The van der Waals surface area contributed by atoms with Crippen LogP contribution < -0.4 is 10.9 Å². The Morgan fingerprint density at radius 3 is 2.47 bits per heavy atom. The third-order valence-electron chi connectivity index (χ3n) is 5.63. The molecule has 154 valence electrons. The highest BCUT2D eigenvalue weighted by Crippen LogP contribution is 2.40. The monoisotopic (exact) mass is 408 g/mol. The highest BCUT2D eigenvalue weighted by molar-refractivity contribution is 6.01. The van der Waals surface area contributed by atoms with E-state index in [-0.39, 0.29) is 17.4 Å². The Labute approximate surface area is 173 Å². The average molecular weight is 408 g/mol. The van der Waals surface area contributed by atoms with Crippen LogP contribution in [0.25, 0.3) is 0 Å². The zero-order valence-corrected chi connectivity index (χ0v) is 17.0. The first-order valence-corrected chi connectivity index (χ1v) is 9.79. The molecule has 0 saturated carbocycles. The van der Waals surface area contributed by atoms with Crippen molar-refractivity contribution >= 4 is 5.84 Å². The topological polar surface area (TPSA) is 59.3 Å². The van der Waals surface area contributed by atoms with E-state index in [1.165, 1.54) is 24.4 Å². The van der Waals surface area contributed by atoms with Crippen LogP contribution in [0.1, 0.15) is 36.1 Å². The summed E-state index contributed by atoms with van der Waals surface area (Å²) in [5.41, 5.74) is 1.94. The van der Waals surface area contributed by atoms with Crippen molar-refractivity contribution in [3.05, 3.63) is 99.2 Å². The van der Waals surface area contributed by atoms with Crippen LogP contribution in [0.4, 0.5) is 8.78 Å². The van der Waals surface area contributed by atoms with E-state index in [0.717, 1.165) is 11.1 Å². The molecule has 0 radical (unpaired) electrons. The number of halogens is 2. The second kappa shape index (κ2) is 7.48. The van der Waals surface area contributed by atoms with Gasteiger partial charge in [-0.25, -0.2) is 14.4 Å². The van der Waals surface area contributed by atoms with Crippen LogP contribution in [-0.4, -0.2) is 21.4 Å². The van der Waals surface area contributed by atoms with Gasteiger partial charge in [0.2, 0.25) is 5.95 Å². The van der Waals surface area contributed by atoms with E-state index in [2.05, 4.69) is 10.3 Å². The molecule has 0 saturated heterocycles. The number of amidine groups is 1. The van der Waals surface area contributed by atoms with Crippen molar-refractivity contribution in [1.82, 2.24) is 14.9 Å². The lowest BCUT2D eigenvalue weighted by Gasteiger charge is -2.31. The van der Waals surface area contributed by atoms with E-state index in [1.54, 1.807) is 36.0 Å². The van der Waals surface area contributed by atoms with Gasteiger partial charge in [0.15, 0.2) is 0 Å². The number of pyridine rings is 2. The number of aryl methyl sites for hydroxylation is 2. The molecule has 1 aliphatic rings. The summed E-state index contributed by atoms with van der Waals surface area (Å²) < 4.78 is 28.7. The molecule has 3 heterocycles. The van der Waals surface area contributed by atoms with E-state index >= 15 is 0 Å². The molecule has 0 unspecified atom stereocenters. The Bertz CT molecular complexity index is 1120. The number of nitrogens with one attached hydrogen (secondary N) is 1. The van der Waals surface area contributed by atoms with Gasteiger partial charge in [-0.15, -0.1) is 0 Å². The van der Waals surface area contributed by atoms with E-state index in [0.29, 0.717) is 23.4 Å². The van der Waals surface area contributed by atoms with Crippen LogP contribution in [0.2, 0.25) is 0 Å². The van der Waals surface area contributed by atoms with Crippen LogP contribution in [0, 0.1) is 11.8 Å². The van der Waals surface area contributed by atoms with E-state index in [9.17, 15) is 13.6 Å². The Hall–Kier alpha value is -3.35. The minimum atomic E-state index is -0.926. The predicted molar refractivity (Wildman–Crippen MR) is 112 cm³/mol. The second-order valence-corrected chi connectivity index (χ2v) is 7.49. The summed E-state index contributed by atoms with van der Waals surface area (Å²) in [5.74, 6) is -0.317. The Balaban J connectivity index is 1.93. The van der Waals surface area contributed by atoms with E-state index in [4.69, 9.17) is 4.99 Å². The molecule has 2 atom stereocenters. The molecule has 0 aliphatic carbocycles. The number of aromatic nitrogens is 2. The summed E-state index contributed by atoms with van der Waals surface area (Å²) >= 11 is 0. The summed E-state index contributed by atoms with van der Waals surface area (Å²) in [7, 11) is 1.71. The average Bonchev–Trinajstić information content (AvgIpc) is 3.09. The van der Waals surface area contributed by atoms with Gasteiger partial charge >= 0.3 is 0 Å². The highest BCUT2D eigenvalue weighted by atomic mass is 19.1. The molecule has 30 heavy (non-hydrogen) atoms. The first-order valence-electron chi connectivity index (χ1n) is 9.79. The van der Waals surface area contributed by atoms with Crippen molar-refractivity contribution in [2.24, 2.45) is 12.0 Å². The van der Waals surface area contributed by atoms with Gasteiger partial charge in [-0.2, -0.15) is 4.39 Å². The van der Waals surface area contributed by atoms with Crippen molar-refractivity contribution in [2.75, 3.05) is 0 Å². The number of aliphatic imine (C=N–C) groups is 1. The van der Waals surface area contributed by atoms with Crippen LogP contribution in [0.5, 0.6) is 0 Å². The maximum absolute atomic E-state index is 13.6. The van der Waals surface area contributed by atoms with Crippen LogP contribution in [0.3, 0.4) is 0 Å². The smallest absolute Gasteiger partial charge is 0.253 e. The van der Waals surface area contributed by atoms with Gasteiger partial charge in [-0.3, -0.25) is 4.79 Å². The number of nitrogens with zero attached hydrogens (tertiary/aromatic N) is 3. The molecule has 4 rings (SSSR count). The molecule has 3 aromatic rings. The maximum atomic E-state index is 13.6. The fourth-order valence-electron chi connectivity index (χ4n) is 4.03. The summed E-state index contributed by atoms with van der Waals surface area (Å²) in [6.45, 7) is 3.89. The standard InChI is InChI=1S/C23H22F2N4O/c1-4-15-11-16(13-29(3)22(15)30)21-27-14(2)23(28-21,17-5-8-19(24)9-6-17)18-7-10-20(25)26-12-18/h5-14H,4H2,1-3H3,(H,27,28)/t14-,23+/m0/s1. The van der Waals surface area contributed by atoms with Crippen molar-refractivity contribution in [1.29, 1.82) is 0 Å². The second-order valence-electron chi connectivity index (χ2n) is 7.49. The van der Waals surface area contributed by atoms with Gasteiger partial charge in [0, 0.05) is 36.1 Å².